The van der Waals surface area contributed by atoms with Gasteiger partial charge in [-0.25, -0.2) is 4.57 Å². The van der Waals surface area contributed by atoms with Gasteiger partial charge in [-0.1, -0.05) is 380 Å². The number of aliphatic hydroxyl groups is 1. The van der Waals surface area contributed by atoms with E-state index >= 15 is 0 Å². The van der Waals surface area contributed by atoms with Crippen molar-refractivity contribution < 1.29 is 32.9 Å². The summed E-state index contributed by atoms with van der Waals surface area (Å²) in [4.78, 5) is 23.5. The summed E-state index contributed by atoms with van der Waals surface area (Å²) < 4.78 is 23.9. The third-order valence-electron chi connectivity index (χ3n) is 17.4. The van der Waals surface area contributed by atoms with Gasteiger partial charge in [0, 0.05) is 6.42 Å². The average Bonchev–Trinajstić information content (AvgIpc) is 3.42. The Bertz CT molecular complexity index is 1260. The molecule has 0 bridgehead atoms. The Morgan fingerprint density at radius 1 is 0.375 bits per heavy atom. The number of phosphoric ester groups is 1. The lowest BCUT2D eigenvalue weighted by atomic mass is 10.0. The molecule has 1 amide bonds. The Kier molecular flexibility index (Phi) is 62.6. The van der Waals surface area contributed by atoms with Crippen LogP contribution < -0.4 is 5.32 Å². The number of amides is 1. The predicted molar refractivity (Wildman–Crippen MR) is 351 cm³/mol. The van der Waals surface area contributed by atoms with E-state index < -0.39 is 20.0 Å². The minimum Gasteiger partial charge on any atom is -0.391 e. The SMILES string of the molecule is CCCCCCCCCCCCCCCCCCCCCCCCCCCCCCCCCC(=O)NC(COP(=O)(O)OCC[N+](C)(C)C)C(O)CCCCCCCCCCCCCCCCCCCCCCCCCCCCC. The smallest absolute Gasteiger partial charge is 0.391 e. The molecule has 3 atom stereocenters. The molecule has 3 unspecified atom stereocenters. The van der Waals surface area contributed by atoms with Crippen LogP contribution in [0.25, 0.3) is 0 Å². The molecule has 0 heterocycles. The van der Waals surface area contributed by atoms with Crippen molar-refractivity contribution in [3.8, 4) is 0 Å². The van der Waals surface area contributed by atoms with E-state index in [4.69, 9.17) is 9.05 Å². The van der Waals surface area contributed by atoms with Crippen LogP contribution in [-0.2, 0) is 18.4 Å². The molecule has 0 aliphatic carbocycles. The number of likely N-dealkylation sites (N-methyl/N-ethyl adjacent to an activating group) is 1. The van der Waals surface area contributed by atoms with Crippen LogP contribution in [0.15, 0.2) is 0 Å². The van der Waals surface area contributed by atoms with E-state index in [0.29, 0.717) is 23.9 Å². The van der Waals surface area contributed by atoms with Crippen LogP contribution in [-0.4, -0.2) is 73.4 Å². The van der Waals surface area contributed by atoms with Crippen molar-refractivity contribution in [3.63, 3.8) is 0 Å². The summed E-state index contributed by atoms with van der Waals surface area (Å²) in [6, 6.07) is -0.757. The Hall–Kier alpha value is -0.500. The molecule has 0 aliphatic heterocycles. The van der Waals surface area contributed by atoms with Gasteiger partial charge in [-0.05, 0) is 12.8 Å². The van der Waals surface area contributed by atoms with Crippen molar-refractivity contribution >= 4 is 13.7 Å². The lowest BCUT2D eigenvalue weighted by molar-refractivity contribution is -0.870. The Balaban J connectivity index is 3.96. The van der Waals surface area contributed by atoms with Crippen LogP contribution in [0.2, 0.25) is 0 Å². The van der Waals surface area contributed by atoms with Gasteiger partial charge in [0.05, 0.1) is 39.9 Å². The maximum atomic E-state index is 13.1. The van der Waals surface area contributed by atoms with E-state index in [1.807, 2.05) is 21.1 Å². The van der Waals surface area contributed by atoms with Crippen LogP contribution in [0.5, 0.6) is 0 Å². The van der Waals surface area contributed by atoms with Crippen molar-refractivity contribution in [1.29, 1.82) is 0 Å². The highest BCUT2D eigenvalue weighted by Crippen LogP contribution is 2.43. The number of aliphatic hydroxyl groups excluding tert-OH is 1. The van der Waals surface area contributed by atoms with Crippen LogP contribution >= 0.6 is 7.82 Å². The fourth-order valence-corrected chi connectivity index (χ4v) is 12.4. The fraction of sp³-hybridized carbons (Fsp3) is 0.986. The number of carbonyl (C=O) groups excluding carboxylic acids is 1. The van der Waals surface area contributed by atoms with Gasteiger partial charge in [0.25, 0.3) is 0 Å². The minimum atomic E-state index is -4.33. The van der Waals surface area contributed by atoms with Gasteiger partial charge in [-0.2, -0.15) is 0 Å². The fourth-order valence-electron chi connectivity index (χ4n) is 11.7. The second-order valence-corrected chi connectivity index (χ2v) is 28.1. The number of unbranched alkanes of at least 4 members (excludes halogenated alkanes) is 56. The first kappa shape index (κ1) is 79.5. The van der Waals surface area contributed by atoms with Crippen LogP contribution in [0.4, 0.5) is 0 Å². The summed E-state index contributed by atoms with van der Waals surface area (Å²) in [6.07, 6.45) is 79.3. The van der Waals surface area contributed by atoms with Gasteiger partial charge >= 0.3 is 7.82 Å². The number of phosphoric acid groups is 1. The molecule has 9 heteroatoms. The molecule has 0 rings (SSSR count). The summed E-state index contributed by atoms with van der Waals surface area (Å²) in [7, 11) is 1.64. The topological polar surface area (TPSA) is 105 Å². The summed E-state index contributed by atoms with van der Waals surface area (Å²) in [5.74, 6) is -0.132. The van der Waals surface area contributed by atoms with E-state index in [1.54, 1.807) is 0 Å². The molecule has 0 saturated carbocycles. The number of hydrogen-bond acceptors (Lipinski definition) is 5. The Morgan fingerprint density at radius 2 is 0.600 bits per heavy atom. The first-order valence-corrected chi connectivity index (χ1v) is 37.9. The van der Waals surface area contributed by atoms with Crippen LogP contribution in [0.3, 0.4) is 0 Å². The molecule has 0 spiro atoms. The third kappa shape index (κ3) is 65.1. The maximum absolute atomic E-state index is 13.1. The number of quaternary nitrogens is 1. The highest BCUT2D eigenvalue weighted by molar-refractivity contribution is 7.47. The second kappa shape index (κ2) is 63.0. The largest absolute Gasteiger partial charge is 0.472 e. The van der Waals surface area contributed by atoms with Crippen molar-refractivity contribution in [2.24, 2.45) is 0 Å². The van der Waals surface area contributed by atoms with Crippen molar-refractivity contribution in [1.82, 2.24) is 5.32 Å². The predicted octanol–water partition coefficient (Wildman–Crippen LogP) is 23.1. The molecular weight excluding hydrogens is 1010 g/mol. The molecular formula is C71H146N2O6P+. The molecule has 0 aromatic carbocycles. The van der Waals surface area contributed by atoms with Gasteiger partial charge < -0.3 is 19.8 Å². The average molecular weight is 1150 g/mol. The highest BCUT2D eigenvalue weighted by Gasteiger charge is 2.28. The van der Waals surface area contributed by atoms with Crippen LogP contribution in [0.1, 0.15) is 399 Å². The molecule has 0 aromatic heterocycles. The van der Waals surface area contributed by atoms with Gasteiger partial charge in [-0.15, -0.1) is 0 Å². The quantitative estimate of drug-likeness (QED) is 0.0318. The van der Waals surface area contributed by atoms with E-state index in [1.165, 1.54) is 334 Å². The monoisotopic (exact) mass is 1150 g/mol. The minimum absolute atomic E-state index is 0.0795. The van der Waals surface area contributed by atoms with Crippen molar-refractivity contribution in [3.05, 3.63) is 0 Å². The van der Waals surface area contributed by atoms with Crippen molar-refractivity contribution in [2.75, 3.05) is 40.9 Å². The van der Waals surface area contributed by atoms with Gasteiger partial charge in [0.1, 0.15) is 13.2 Å². The second-order valence-electron chi connectivity index (χ2n) is 26.7. The van der Waals surface area contributed by atoms with E-state index in [2.05, 4.69) is 19.2 Å². The zero-order valence-corrected chi connectivity index (χ0v) is 56.0. The van der Waals surface area contributed by atoms with Gasteiger partial charge in [-0.3, -0.25) is 13.8 Å². The standard InChI is InChI=1S/C71H145N2O6P/c1-6-8-10-12-14-16-18-20-22-24-26-28-30-32-34-35-36-37-39-41-43-45-47-49-51-53-55-57-59-61-63-65-71(75)72-69(68-79-80(76,77)78-67-66-73(3,4)5)70(74)64-62-60-58-56-54-52-50-48-46-44-42-40-38-33-31-29-27-25-23-21-19-17-15-13-11-9-7-2/h69-70,74H,6-68H2,1-5H3,(H-,72,75,76,77)/p+1. The molecule has 3 N–H and O–H groups in total. The molecule has 0 saturated heterocycles. The Labute approximate surface area is 501 Å². The third-order valence-corrected chi connectivity index (χ3v) is 18.3. The number of nitrogens with one attached hydrogen (secondary N) is 1. The zero-order valence-electron chi connectivity index (χ0n) is 55.1. The first-order chi connectivity index (χ1) is 39.0. The number of hydrogen-bond donors (Lipinski definition) is 3. The zero-order chi connectivity index (χ0) is 58.4. The molecule has 0 radical (unpaired) electrons. The molecule has 0 aromatic rings. The van der Waals surface area contributed by atoms with Crippen LogP contribution in [0, 0.1) is 0 Å². The normalized spacial score (nSPS) is 13.5. The molecule has 0 aliphatic rings. The lowest BCUT2D eigenvalue weighted by Gasteiger charge is -2.26. The summed E-state index contributed by atoms with van der Waals surface area (Å²) in [5.41, 5.74) is 0. The highest BCUT2D eigenvalue weighted by atomic mass is 31.2. The summed E-state index contributed by atoms with van der Waals surface area (Å²) in [5, 5.41) is 14.2. The number of carbonyl (C=O) groups is 1. The molecule has 8 nitrogen and oxygen atoms in total. The molecule has 480 valence electrons. The van der Waals surface area contributed by atoms with Gasteiger partial charge in [0.15, 0.2) is 0 Å². The summed E-state index contributed by atoms with van der Waals surface area (Å²) >= 11 is 0. The Morgan fingerprint density at radius 3 is 0.838 bits per heavy atom. The lowest BCUT2D eigenvalue weighted by Crippen LogP contribution is -2.46. The van der Waals surface area contributed by atoms with E-state index in [9.17, 15) is 19.4 Å². The van der Waals surface area contributed by atoms with Gasteiger partial charge in [0.2, 0.25) is 5.91 Å². The van der Waals surface area contributed by atoms with E-state index in [-0.39, 0.29) is 19.1 Å². The van der Waals surface area contributed by atoms with E-state index in [0.717, 1.165) is 38.5 Å². The number of nitrogens with zero attached hydrogens (tertiary/aromatic N) is 1. The van der Waals surface area contributed by atoms with Crippen molar-refractivity contribution in [2.45, 2.75) is 411 Å². The summed E-state index contributed by atoms with van der Waals surface area (Å²) in [6.45, 7) is 4.97. The number of rotatable bonds is 69. The maximum Gasteiger partial charge on any atom is 0.472 e. The molecule has 0 fully saturated rings. The first-order valence-electron chi connectivity index (χ1n) is 36.4. The molecule has 80 heavy (non-hydrogen) atoms.